The Morgan fingerprint density at radius 2 is 1.40 bits per heavy atom. The van der Waals surface area contributed by atoms with Crippen LogP contribution in [0.25, 0.3) is 28.2 Å². The minimum Gasteiger partial charge on any atom is -0.497 e. The molecule has 0 aliphatic rings. The van der Waals surface area contributed by atoms with Gasteiger partial charge in [-0.2, -0.15) is 5.10 Å². The van der Waals surface area contributed by atoms with Crippen molar-refractivity contribution < 1.29 is 9.47 Å². The van der Waals surface area contributed by atoms with Crippen LogP contribution in [0.4, 0.5) is 0 Å². The molecular formula is C23H17Cl3N2O2. The molecule has 0 bridgehead atoms. The molecule has 4 nitrogen and oxygen atoms in total. The van der Waals surface area contributed by atoms with Gasteiger partial charge in [-0.15, -0.1) is 0 Å². The summed E-state index contributed by atoms with van der Waals surface area (Å²) < 4.78 is 12.5. The van der Waals surface area contributed by atoms with Gasteiger partial charge in [0.1, 0.15) is 17.2 Å². The van der Waals surface area contributed by atoms with Crippen molar-refractivity contribution in [1.29, 1.82) is 0 Å². The van der Waals surface area contributed by atoms with E-state index in [-0.39, 0.29) is 0 Å². The summed E-state index contributed by atoms with van der Waals surface area (Å²) in [4.78, 5) is 0. The van der Waals surface area contributed by atoms with E-state index in [1.54, 1.807) is 31.0 Å². The summed E-state index contributed by atoms with van der Waals surface area (Å²) in [6.07, 6.45) is 0. The lowest BCUT2D eigenvalue weighted by atomic mass is 10.1. The molecule has 4 rings (SSSR count). The number of nitrogens with zero attached hydrogens (tertiary/aromatic N) is 2. The molecule has 0 aliphatic heterocycles. The molecule has 0 N–H and O–H groups in total. The summed E-state index contributed by atoms with van der Waals surface area (Å²) in [6.45, 7) is 0. The van der Waals surface area contributed by atoms with E-state index >= 15 is 0 Å². The van der Waals surface area contributed by atoms with Crippen molar-refractivity contribution in [1.82, 2.24) is 9.78 Å². The molecule has 0 aliphatic carbocycles. The van der Waals surface area contributed by atoms with E-state index in [0.29, 0.717) is 43.6 Å². The maximum absolute atomic E-state index is 6.89. The zero-order chi connectivity index (χ0) is 21.3. The van der Waals surface area contributed by atoms with Crippen LogP contribution in [0, 0.1) is 0 Å². The zero-order valence-corrected chi connectivity index (χ0v) is 18.5. The van der Waals surface area contributed by atoms with E-state index in [0.717, 1.165) is 11.1 Å². The molecule has 0 atom stereocenters. The van der Waals surface area contributed by atoms with Crippen molar-refractivity contribution in [2.45, 2.75) is 0 Å². The summed E-state index contributed by atoms with van der Waals surface area (Å²) in [6, 6.07) is 20.4. The standard InChI is InChI=1S/C23H17Cl3N2O2/c1-29-17-7-3-5-14(11-17)22-21(26)23(15-6-4-8-18(12-15)30-2)28(27-22)20-10-9-16(24)13-19(20)25/h3-13H,1-2H3. The summed E-state index contributed by atoms with van der Waals surface area (Å²) >= 11 is 19.5. The Hall–Kier alpha value is -2.66. The molecule has 30 heavy (non-hydrogen) atoms. The minimum atomic E-state index is 0.461. The molecule has 0 spiro atoms. The SMILES string of the molecule is COc1cccc(-c2nn(-c3ccc(Cl)cc3Cl)c(-c3cccc(OC)c3)c2Cl)c1. The number of hydrogen-bond donors (Lipinski definition) is 0. The Kier molecular flexibility index (Phi) is 5.91. The number of aromatic nitrogens is 2. The molecule has 0 amide bonds. The molecule has 0 unspecified atom stereocenters. The van der Waals surface area contributed by atoms with Crippen LogP contribution >= 0.6 is 34.8 Å². The smallest absolute Gasteiger partial charge is 0.119 e. The van der Waals surface area contributed by atoms with Crippen LogP contribution in [0.2, 0.25) is 15.1 Å². The predicted octanol–water partition coefficient (Wildman–Crippen LogP) is 7.18. The maximum Gasteiger partial charge on any atom is 0.119 e. The molecule has 1 aromatic heterocycles. The van der Waals surface area contributed by atoms with Crippen molar-refractivity contribution in [3.63, 3.8) is 0 Å². The Morgan fingerprint density at radius 1 is 0.767 bits per heavy atom. The van der Waals surface area contributed by atoms with Gasteiger partial charge in [-0.25, -0.2) is 4.68 Å². The van der Waals surface area contributed by atoms with Crippen LogP contribution in [0.1, 0.15) is 0 Å². The lowest BCUT2D eigenvalue weighted by molar-refractivity contribution is 0.415. The lowest BCUT2D eigenvalue weighted by Crippen LogP contribution is -2.00. The summed E-state index contributed by atoms with van der Waals surface area (Å²) in [5.74, 6) is 1.42. The fourth-order valence-electron chi connectivity index (χ4n) is 3.20. The number of hydrogen-bond acceptors (Lipinski definition) is 3. The Morgan fingerprint density at radius 3 is 2.03 bits per heavy atom. The number of halogens is 3. The van der Waals surface area contributed by atoms with E-state index in [1.807, 2.05) is 54.6 Å². The van der Waals surface area contributed by atoms with Crippen molar-refractivity contribution in [3.8, 4) is 39.7 Å². The number of rotatable bonds is 5. The fourth-order valence-corrected chi connectivity index (χ4v) is 4.03. The Labute approximate surface area is 189 Å². The van der Waals surface area contributed by atoms with E-state index in [1.165, 1.54) is 0 Å². The highest BCUT2D eigenvalue weighted by Crippen LogP contribution is 2.40. The van der Waals surface area contributed by atoms with Gasteiger partial charge in [0.05, 0.1) is 35.6 Å². The molecule has 4 aromatic rings. The quantitative estimate of drug-likeness (QED) is 0.317. The molecule has 0 saturated carbocycles. The van der Waals surface area contributed by atoms with E-state index in [2.05, 4.69) is 0 Å². The van der Waals surface area contributed by atoms with Gasteiger partial charge in [0, 0.05) is 16.1 Å². The van der Waals surface area contributed by atoms with Crippen LogP contribution < -0.4 is 9.47 Å². The van der Waals surface area contributed by atoms with E-state index < -0.39 is 0 Å². The third-order valence-electron chi connectivity index (χ3n) is 4.65. The normalized spacial score (nSPS) is 10.8. The van der Waals surface area contributed by atoms with Gasteiger partial charge < -0.3 is 9.47 Å². The van der Waals surface area contributed by atoms with Crippen LogP contribution in [0.5, 0.6) is 11.5 Å². The van der Waals surface area contributed by atoms with Gasteiger partial charge in [0.15, 0.2) is 0 Å². The first-order chi connectivity index (χ1) is 14.5. The first-order valence-corrected chi connectivity index (χ1v) is 10.2. The van der Waals surface area contributed by atoms with E-state index in [9.17, 15) is 0 Å². The monoisotopic (exact) mass is 458 g/mol. The molecular weight excluding hydrogens is 443 g/mol. The second-order valence-electron chi connectivity index (χ2n) is 6.48. The molecule has 0 radical (unpaired) electrons. The number of benzene rings is 3. The average molecular weight is 460 g/mol. The van der Waals surface area contributed by atoms with Gasteiger partial charge in [-0.1, -0.05) is 59.1 Å². The largest absolute Gasteiger partial charge is 0.497 e. The van der Waals surface area contributed by atoms with Crippen LogP contribution in [-0.2, 0) is 0 Å². The molecule has 0 saturated heterocycles. The van der Waals surface area contributed by atoms with Gasteiger partial charge in [-0.05, 0) is 42.5 Å². The average Bonchev–Trinajstić information content (AvgIpc) is 3.10. The zero-order valence-electron chi connectivity index (χ0n) is 16.2. The third-order valence-corrected chi connectivity index (χ3v) is 5.55. The highest BCUT2D eigenvalue weighted by Gasteiger charge is 2.22. The van der Waals surface area contributed by atoms with Crippen molar-refractivity contribution in [2.24, 2.45) is 0 Å². The highest BCUT2D eigenvalue weighted by atomic mass is 35.5. The van der Waals surface area contributed by atoms with Crippen molar-refractivity contribution >= 4 is 34.8 Å². The summed E-state index contributed by atoms with van der Waals surface area (Å²) in [7, 11) is 3.24. The van der Waals surface area contributed by atoms with Gasteiger partial charge >= 0.3 is 0 Å². The lowest BCUT2D eigenvalue weighted by Gasteiger charge is -2.11. The Balaban J connectivity index is 2.00. The van der Waals surface area contributed by atoms with Gasteiger partial charge in [0.2, 0.25) is 0 Å². The summed E-state index contributed by atoms with van der Waals surface area (Å²) in [5.41, 5.74) is 3.63. The second-order valence-corrected chi connectivity index (χ2v) is 7.70. The predicted molar refractivity (Wildman–Crippen MR) is 123 cm³/mol. The number of methoxy groups -OCH3 is 2. The first-order valence-electron chi connectivity index (χ1n) is 9.04. The Bertz CT molecular complexity index is 1220. The first kappa shape index (κ1) is 20.6. The molecule has 152 valence electrons. The van der Waals surface area contributed by atoms with Gasteiger partial charge in [-0.3, -0.25) is 0 Å². The topological polar surface area (TPSA) is 36.3 Å². The van der Waals surface area contributed by atoms with Crippen LogP contribution in [-0.4, -0.2) is 24.0 Å². The summed E-state index contributed by atoms with van der Waals surface area (Å²) in [5, 5.41) is 6.30. The second kappa shape index (κ2) is 8.60. The fraction of sp³-hybridized carbons (Fsp3) is 0.0870. The molecule has 0 fully saturated rings. The van der Waals surface area contributed by atoms with Crippen LogP contribution in [0.3, 0.4) is 0 Å². The molecule has 3 aromatic carbocycles. The molecule has 7 heteroatoms. The third kappa shape index (κ3) is 3.86. The van der Waals surface area contributed by atoms with E-state index in [4.69, 9.17) is 49.4 Å². The maximum atomic E-state index is 6.89. The van der Waals surface area contributed by atoms with Crippen molar-refractivity contribution in [3.05, 3.63) is 81.8 Å². The minimum absolute atomic E-state index is 0.461. The number of ether oxygens (including phenoxy) is 2. The van der Waals surface area contributed by atoms with Gasteiger partial charge in [0.25, 0.3) is 0 Å². The van der Waals surface area contributed by atoms with Crippen molar-refractivity contribution in [2.75, 3.05) is 14.2 Å². The van der Waals surface area contributed by atoms with Crippen LogP contribution in [0.15, 0.2) is 66.7 Å². The highest BCUT2D eigenvalue weighted by molar-refractivity contribution is 6.37. The molecule has 1 heterocycles.